The van der Waals surface area contributed by atoms with E-state index in [0.29, 0.717) is 22.4 Å². The summed E-state index contributed by atoms with van der Waals surface area (Å²) in [5, 5.41) is 1.16. The van der Waals surface area contributed by atoms with Gasteiger partial charge in [-0.15, -0.1) is 0 Å². The second-order valence-corrected chi connectivity index (χ2v) is 4.40. The van der Waals surface area contributed by atoms with Crippen LogP contribution in [-0.2, 0) is 4.74 Å². The van der Waals surface area contributed by atoms with Gasteiger partial charge in [0, 0.05) is 23.0 Å². The Bertz CT molecular complexity index is 550. The van der Waals surface area contributed by atoms with Crippen LogP contribution < -0.4 is 0 Å². The van der Waals surface area contributed by atoms with E-state index in [9.17, 15) is 0 Å². The van der Waals surface area contributed by atoms with Crippen molar-refractivity contribution in [3.63, 3.8) is 0 Å². The molecule has 0 fully saturated rings. The van der Waals surface area contributed by atoms with Gasteiger partial charge in [0.1, 0.15) is 5.76 Å². The van der Waals surface area contributed by atoms with E-state index in [-0.39, 0.29) is 0 Å². The van der Waals surface area contributed by atoms with Crippen molar-refractivity contribution < 1.29 is 4.74 Å². The second kappa shape index (κ2) is 5.94. The highest BCUT2D eigenvalue weighted by Crippen LogP contribution is 2.28. The molecule has 0 radical (unpaired) electrons. The van der Waals surface area contributed by atoms with Gasteiger partial charge >= 0.3 is 0 Å². The summed E-state index contributed by atoms with van der Waals surface area (Å²) >= 11 is 12.1. The van der Waals surface area contributed by atoms with Crippen molar-refractivity contribution in [1.29, 1.82) is 0 Å². The minimum absolute atomic E-state index is 0.555. The number of halogens is 2. The molecule has 0 aliphatic heterocycles. The predicted molar refractivity (Wildman–Crippen MR) is 74.5 cm³/mol. The van der Waals surface area contributed by atoms with E-state index in [1.54, 1.807) is 29.2 Å². The third-order valence-corrected chi connectivity index (χ3v) is 2.84. The maximum atomic E-state index is 6.17. The van der Waals surface area contributed by atoms with Gasteiger partial charge in [0.15, 0.2) is 0 Å². The summed E-state index contributed by atoms with van der Waals surface area (Å²) in [4.78, 5) is 3.97. The fourth-order valence-electron chi connectivity index (χ4n) is 1.51. The highest BCUT2D eigenvalue weighted by atomic mass is 35.5. The number of hydrogen-bond acceptors (Lipinski definition) is 2. The van der Waals surface area contributed by atoms with Gasteiger partial charge in [0.05, 0.1) is 24.2 Å². The maximum Gasteiger partial charge on any atom is 0.144 e. The zero-order valence-corrected chi connectivity index (χ0v) is 11.3. The van der Waals surface area contributed by atoms with Gasteiger partial charge < -0.3 is 9.30 Å². The monoisotopic (exact) mass is 282 g/mol. The fourth-order valence-corrected chi connectivity index (χ4v) is 2.01. The Morgan fingerprint density at radius 1 is 1.44 bits per heavy atom. The van der Waals surface area contributed by atoms with Crippen LogP contribution in [0, 0.1) is 0 Å². The van der Waals surface area contributed by atoms with E-state index >= 15 is 0 Å². The summed E-state index contributed by atoms with van der Waals surface area (Å²) in [5.41, 5.74) is 0.802. The van der Waals surface area contributed by atoms with E-state index in [1.807, 2.05) is 25.4 Å². The predicted octanol–water partition coefficient (Wildman–Crippen LogP) is 4.18. The lowest BCUT2D eigenvalue weighted by Gasteiger charge is -2.11. The number of ether oxygens (including phenoxy) is 1. The van der Waals surface area contributed by atoms with Gasteiger partial charge in [0.2, 0.25) is 0 Å². The van der Waals surface area contributed by atoms with Crippen LogP contribution in [0.1, 0.15) is 12.5 Å². The molecule has 0 aliphatic carbocycles. The lowest BCUT2D eigenvalue weighted by Crippen LogP contribution is -1.95. The topological polar surface area (TPSA) is 27.1 Å². The zero-order valence-electron chi connectivity index (χ0n) is 9.81. The first kappa shape index (κ1) is 13.0. The highest BCUT2D eigenvalue weighted by Gasteiger charge is 2.08. The molecule has 0 N–H and O–H groups in total. The summed E-state index contributed by atoms with van der Waals surface area (Å²) < 4.78 is 7.41. The molecule has 2 aromatic rings. The number of aromatic nitrogens is 2. The van der Waals surface area contributed by atoms with Gasteiger partial charge in [-0.3, -0.25) is 0 Å². The van der Waals surface area contributed by atoms with E-state index in [4.69, 9.17) is 27.9 Å². The Morgan fingerprint density at radius 3 is 2.89 bits per heavy atom. The minimum Gasteiger partial charge on any atom is -0.492 e. The summed E-state index contributed by atoms with van der Waals surface area (Å²) in [6.07, 6.45) is 7.03. The van der Waals surface area contributed by atoms with E-state index in [2.05, 4.69) is 4.98 Å². The molecule has 2 rings (SSSR count). The van der Waals surface area contributed by atoms with Crippen molar-refractivity contribution in [3.8, 4) is 0 Å². The molecular weight excluding hydrogens is 271 g/mol. The molecule has 0 aliphatic rings. The number of rotatable bonds is 4. The van der Waals surface area contributed by atoms with Gasteiger partial charge in [0.25, 0.3) is 0 Å². The average molecular weight is 283 g/mol. The third kappa shape index (κ3) is 3.06. The Hall–Kier alpha value is -1.45. The zero-order chi connectivity index (χ0) is 13.0. The van der Waals surface area contributed by atoms with E-state index in [1.165, 1.54) is 0 Å². The van der Waals surface area contributed by atoms with Crippen LogP contribution in [0.3, 0.4) is 0 Å². The van der Waals surface area contributed by atoms with Crippen molar-refractivity contribution in [1.82, 2.24) is 9.55 Å². The Morgan fingerprint density at radius 2 is 2.28 bits per heavy atom. The molecule has 0 unspecified atom stereocenters. The molecule has 18 heavy (non-hydrogen) atoms. The van der Waals surface area contributed by atoms with Crippen LogP contribution in [0.4, 0.5) is 0 Å². The molecular formula is C13H12Cl2N2O. The Kier molecular flexibility index (Phi) is 4.28. The third-order valence-electron chi connectivity index (χ3n) is 2.29. The van der Waals surface area contributed by atoms with Crippen molar-refractivity contribution in [3.05, 3.63) is 52.5 Å². The van der Waals surface area contributed by atoms with Gasteiger partial charge in [-0.25, -0.2) is 4.98 Å². The first-order valence-corrected chi connectivity index (χ1v) is 6.23. The molecule has 1 aromatic heterocycles. The first-order valence-electron chi connectivity index (χ1n) is 5.48. The molecule has 0 saturated carbocycles. The molecule has 0 amide bonds. The molecule has 94 valence electrons. The van der Waals surface area contributed by atoms with Crippen molar-refractivity contribution in [2.45, 2.75) is 6.92 Å². The van der Waals surface area contributed by atoms with Crippen LogP contribution >= 0.6 is 23.2 Å². The highest BCUT2D eigenvalue weighted by molar-refractivity contribution is 6.35. The molecule has 5 heteroatoms. The van der Waals surface area contributed by atoms with Crippen LogP contribution in [-0.4, -0.2) is 16.2 Å². The van der Waals surface area contributed by atoms with E-state index in [0.717, 1.165) is 5.56 Å². The number of hydrogen-bond donors (Lipinski definition) is 0. The average Bonchev–Trinajstić information content (AvgIpc) is 2.81. The molecule has 0 bridgehead atoms. The first-order chi connectivity index (χ1) is 8.70. The summed E-state index contributed by atoms with van der Waals surface area (Å²) in [7, 11) is 0. The molecule has 3 nitrogen and oxygen atoms in total. The van der Waals surface area contributed by atoms with Crippen LogP contribution in [0.15, 0.2) is 36.9 Å². The fraction of sp³-hybridized carbons (Fsp3) is 0.154. The maximum absolute atomic E-state index is 6.17. The lowest BCUT2D eigenvalue weighted by atomic mass is 10.2. The smallest absolute Gasteiger partial charge is 0.144 e. The van der Waals surface area contributed by atoms with Crippen LogP contribution in [0.25, 0.3) is 12.0 Å². The normalized spacial score (nSPS) is 11.6. The second-order valence-electron chi connectivity index (χ2n) is 3.56. The molecule has 0 atom stereocenters. The molecule has 0 spiro atoms. The number of benzene rings is 1. The Labute approximate surface area is 116 Å². The molecule has 1 aromatic carbocycles. The lowest BCUT2D eigenvalue weighted by molar-refractivity contribution is 0.299. The summed E-state index contributed by atoms with van der Waals surface area (Å²) in [6.45, 7) is 2.48. The van der Waals surface area contributed by atoms with Crippen LogP contribution in [0.2, 0.25) is 10.0 Å². The van der Waals surface area contributed by atoms with Crippen LogP contribution in [0.5, 0.6) is 0 Å². The van der Waals surface area contributed by atoms with Crippen molar-refractivity contribution in [2.75, 3.05) is 6.61 Å². The molecule has 0 saturated heterocycles. The van der Waals surface area contributed by atoms with Gasteiger partial charge in [-0.05, 0) is 25.1 Å². The summed E-state index contributed by atoms with van der Waals surface area (Å²) in [6, 6.07) is 5.31. The summed E-state index contributed by atoms with van der Waals surface area (Å²) in [5.74, 6) is 0.678. The SMILES string of the molecule is CCO/C(=C\n1ccnc1)c1ccc(Cl)cc1Cl. The van der Waals surface area contributed by atoms with Gasteiger partial charge in [-0.2, -0.15) is 0 Å². The Balaban J connectivity index is 2.41. The van der Waals surface area contributed by atoms with E-state index < -0.39 is 0 Å². The van der Waals surface area contributed by atoms with Gasteiger partial charge in [-0.1, -0.05) is 23.2 Å². The number of imidazole rings is 1. The number of nitrogens with zero attached hydrogens (tertiary/aromatic N) is 2. The van der Waals surface area contributed by atoms with Crippen molar-refractivity contribution >= 4 is 35.2 Å². The largest absolute Gasteiger partial charge is 0.492 e. The minimum atomic E-state index is 0.555. The molecule has 1 heterocycles. The standard InChI is InChI=1S/C13H12Cl2N2O/c1-2-18-13(8-17-6-5-16-9-17)11-4-3-10(14)7-12(11)15/h3-9H,2H2,1H3/b13-8-. The van der Waals surface area contributed by atoms with Crippen molar-refractivity contribution in [2.24, 2.45) is 0 Å². The quantitative estimate of drug-likeness (QED) is 0.787.